The van der Waals surface area contributed by atoms with Crippen LogP contribution in [0, 0.1) is 6.92 Å². The monoisotopic (exact) mass is 262 g/mol. The lowest BCUT2D eigenvalue weighted by molar-refractivity contribution is -0.117. The number of hydrogen-bond acceptors (Lipinski definition) is 3. The van der Waals surface area contributed by atoms with Crippen LogP contribution in [0.3, 0.4) is 0 Å². The molecule has 19 heavy (non-hydrogen) atoms. The lowest BCUT2D eigenvalue weighted by atomic mass is 10.1. The number of nitrogens with one attached hydrogen (secondary N) is 1. The highest BCUT2D eigenvalue weighted by Gasteiger charge is 2.30. The van der Waals surface area contributed by atoms with Crippen LogP contribution in [0.25, 0.3) is 0 Å². The van der Waals surface area contributed by atoms with Crippen molar-refractivity contribution < 1.29 is 14.7 Å². The minimum Gasteiger partial charge on any atom is -0.391 e. The largest absolute Gasteiger partial charge is 0.391 e. The summed E-state index contributed by atoms with van der Waals surface area (Å²) in [4.78, 5) is 24.8. The van der Waals surface area contributed by atoms with Gasteiger partial charge in [-0.2, -0.15) is 0 Å². The third-order valence-electron chi connectivity index (χ3n) is 3.21. The van der Waals surface area contributed by atoms with Gasteiger partial charge >= 0.3 is 0 Å². The number of anilines is 2. The van der Waals surface area contributed by atoms with Crippen molar-refractivity contribution in [2.75, 3.05) is 16.8 Å². The summed E-state index contributed by atoms with van der Waals surface area (Å²) in [5.41, 5.74) is 2.36. The van der Waals surface area contributed by atoms with Crippen molar-refractivity contribution >= 4 is 23.2 Å². The minimum atomic E-state index is -0.610. The number of carbonyl (C=O) groups is 2. The van der Waals surface area contributed by atoms with Crippen molar-refractivity contribution in [3.63, 3.8) is 0 Å². The standard InChI is InChI=1S/C14H18N2O3/c1-3-13(18)15-10-5-4-9(2)12(6-10)16-8-11(17)7-14(16)19/h4-6,11,17H,3,7-8H2,1-2H3,(H,15,18). The number of nitrogens with zero attached hydrogens (tertiary/aromatic N) is 1. The van der Waals surface area contributed by atoms with E-state index in [9.17, 15) is 14.7 Å². The predicted molar refractivity (Wildman–Crippen MR) is 73.1 cm³/mol. The van der Waals surface area contributed by atoms with E-state index in [1.165, 1.54) is 0 Å². The fourth-order valence-corrected chi connectivity index (χ4v) is 2.15. The van der Waals surface area contributed by atoms with Gasteiger partial charge < -0.3 is 15.3 Å². The van der Waals surface area contributed by atoms with E-state index in [0.717, 1.165) is 11.3 Å². The maximum atomic E-state index is 11.8. The van der Waals surface area contributed by atoms with Gasteiger partial charge in [-0.25, -0.2) is 0 Å². The predicted octanol–water partition coefficient (Wildman–Crippen LogP) is 1.44. The topological polar surface area (TPSA) is 69.6 Å². The Balaban J connectivity index is 2.27. The van der Waals surface area contributed by atoms with Crippen LogP contribution < -0.4 is 10.2 Å². The second kappa shape index (κ2) is 5.40. The fourth-order valence-electron chi connectivity index (χ4n) is 2.15. The van der Waals surface area contributed by atoms with Crippen LogP contribution in [0.5, 0.6) is 0 Å². The first-order valence-electron chi connectivity index (χ1n) is 6.40. The second-order valence-electron chi connectivity index (χ2n) is 4.77. The molecule has 1 aromatic rings. The maximum absolute atomic E-state index is 11.8. The lowest BCUT2D eigenvalue weighted by Gasteiger charge is -2.19. The van der Waals surface area contributed by atoms with Crippen LogP contribution >= 0.6 is 0 Å². The maximum Gasteiger partial charge on any atom is 0.229 e. The lowest BCUT2D eigenvalue weighted by Crippen LogP contribution is -2.26. The quantitative estimate of drug-likeness (QED) is 0.866. The van der Waals surface area contributed by atoms with E-state index < -0.39 is 6.10 Å². The number of hydrogen-bond donors (Lipinski definition) is 2. The first kappa shape index (κ1) is 13.5. The first-order chi connectivity index (χ1) is 9.01. The Bertz CT molecular complexity index is 513. The van der Waals surface area contributed by atoms with E-state index in [1.807, 2.05) is 19.1 Å². The van der Waals surface area contributed by atoms with Gasteiger partial charge in [0.1, 0.15) is 0 Å². The highest BCUT2D eigenvalue weighted by Crippen LogP contribution is 2.28. The molecule has 1 heterocycles. The van der Waals surface area contributed by atoms with Crippen LogP contribution in [0.1, 0.15) is 25.3 Å². The van der Waals surface area contributed by atoms with Gasteiger partial charge in [-0.05, 0) is 24.6 Å². The molecule has 1 aliphatic rings. The van der Waals surface area contributed by atoms with E-state index in [0.29, 0.717) is 18.7 Å². The third-order valence-corrected chi connectivity index (χ3v) is 3.21. The van der Waals surface area contributed by atoms with Crippen LogP contribution in [-0.2, 0) is 9.59 Å². The molecule has 1 saturated heterocycles. The molecule has 1 fully saturated rings. The smallest absolute Gasteiger partial charge is 0.229 e. The average Bonchev–Trinajstić information content (AvgIpc) is 2.70. The summed E-state index contributed by atoms with van der Waals surface area (Å²) in [5, 5.41) is 12.3. The van der Waals surface area contributed by atoms with Gasteiger partial charge in [-0.1, -0.05) is 13.0 Å². The number of benzene rings is 1. The van der Waals surface area contributed by atoms with E-state index in [4.69, 9.17) is 0 Å². The molecule has 0 bridgehead atoms. The van der Waals surface area contributed by atoms with Crippen molar-refractivity contribution in [1.82, 2.24) is 0 Å². The summed E-state index contributed by atoms with van der Waals surface area (Å²) in [6.07, 6.45) is -0.0453. The number of aryl methyl sites for hydroxylation is 1. The molecule has 2 amide bonds. The number of aliphatic hydroxyl groups excluding tert-OH is 1. The molecule has 1 aliphatic heterocycles. The normalized spacial score (nSPS) is 18.8. The summed E-state index contributed by atoms with van der Waals surface area (Å²) in [5.74, 6) is -0.155. The Morgan fingerprint density at radius 1 is 1.53 bits per heavy atom. The van der Waals surface area contributed by atoms with Gasteiger partial charge in [0.25, 0.3) is 0 Å². The molecule has 0 spiro atoms. The Hall–Kier alpha value is -1.88. The van der Waals surface area contributed by atoms with Crippen molar-refractivity contribution in [1.29, 1.82) is 0 Å². The highest BCUT2D eigenvalue weighted by atomic mass is 16.3. The van der Waals surface area contributed by atoms with Gasteiger partial charge in [0, 0.05) is 17.8 Å². The van der Waals surface area contributed by atoms with Crippen LogP contribution in [0.15, 0.2) is 18.2 Å². The molecule has 1 aromatic carbocycles. The zero-order valence-corrected chi connectivity index (χ0v) is 11.1. The summed E-state index contributed by atoms with van der Waals surface area (Å²) in [7, 11) is 0. The van der Waals surface area contributed by atoms with E-state index in [2.05, 4.69) is 5.32 Å². The number of β-amino-alcohol motifs (C(OH)–C–C–N with tert-alkyl or cyclic N) is 1. The van der Waals surface area contributed by atoms with Crippen molar-refractivity contribution in [2.45, 2.75) is 32.8 Å². The minimum absolute atomic E-state index is 0.0670. The van der Waals surface area contributed by atoms with Gasteiger partial charge in [0.05, 0.1) is 19.1 Å². The summed E-state index contributed by atoms with van der Waals surface area (Å²) < 4.78 is 0. The summed E-state index contributed by atoms with van der Waals surface area (Å²) >= 11 is 0. The molecule has 1 atom stereocenters. The molecule has 0 saturated carbocycles. The molecule has 2 rings (SSSR count). The molecule has 2 N–H and O–H groups in total. The number of aliphatic hydroxyl groups is 1. The second-order valence-corrected chi connectivity index (χ2v) is 4.77. The number of amides is 2. The van der Waals surface area contributed by atoms with Gasteiger partial charge in [0.2, 0.25) is 11.8 Å². The molecule has 102 valence electrons. The van der Waals surface area contributed by atoms with Crippen LogP contribution in [0.4, 0.5) is 11.4 Å². The summed E-state index contributed by atoms with van der Waals surface area (Å²) in [6, 6.07) is 5.45. The Morgan fingerprint density at radius 3 is 2.84 bits per heavy atom. The molecule has 0 aliphatic carbocycles. The Kier molecular flexibility index (Phi) is 3.85. The number of rotatable bonds is 3. The molecule has 5 nitrogen and oxygen atoms in total. The Morgan fingerprint density at radius 2 is 2.26 bits per heavy atom. The van der Waals surface area contributed by atoms with Crippen molar-refractivity contribution in [3.8, 4) is 0 Å². The van der Waals surface area contributed by atoms with Gasteiger partial charge in [-0.15, -0.1) is 0 Å². The van der Waals surface area contributed by atoms with Crippen molar-refractivity contribution in [3.05, 3.63) is 23.8 Å². The van der Waals surface area contributed by atoms with Gasteiger partial charge in [0.15, 0.2) is 0 Å². The van der Waals surface area contributed by atoms with Crippen molar-refractivity contribution in [2.24, 2.45) is 0 Å². The molecular weight excluding hydrogens is 244 g/mol. The molecular formula is C14H18N2O3. The first-order valence-corrected chi connectivity index (χ1v) is 6.40. The van der Waals surface area contributed by atoms with E-state index in [-0.39, 0.29) is 18.2 Å². The molecule has 1 unspecified atom stereocenters. The molecule has 5 heteroatoms. The number of carbonyl (C=O) groups excluding carboxylic acids is 2. The van der Waals surface area contributed by atoms with Crippen LogP contribution in [-0.4, -0.2) is 29.6 Å². The average molecular weight is 262 g/mol. The molecule has 0 radical (unpaired) electrons. The summed E-state index contributed by atoms with van der Waals surface area (Å²) in [6.45, 7) is 3.99. The zero-order chi connectivity index (χ0) is 14.0. The van der Waals surface area contributed by atoms with E-state index in [1.54, 1.807) is 17.9 Å². The van der Waals surface area contributed by atoms with Crippen LogP contribution in [0.2, 0.25) is 0 Å². The SMILES string of the molecule is CCC(=O)Nc1ccc(C)c(N2CC(O)CC2=O)c1. The zero-order valence-electron chi connectivity index (χ0n) is 11.1. The van der Waals surface area contributed by atoms with E-state index >= 15 is 0 Å². The van der Waals surface area contributed by atoms with Gasteiger partial charge in [-0.3, -0.25) is 9.59 Å². The Labute approximate surface area is 112 Å². The highest BCUT2D eigenvalue weighted by molar-refractivity contribution is 5.98. The third kappa shape index (κ3) is 2.93. The fraction of sp³-hybridized carbons (Fsp3) is 0.429. The molecule has 0 aromatic heterocycles.